The minimum Gasteiger partial charge on any atom is -0.508 e. The molecule has 3 aromatic rings. The summed E-state index contributed by atoms with van der Waals surface area (Å²) in [6.45, 7) is 1.97. The third-order valence-electron chi connectivity index (χ3n) is 6.89. The Morgan fingerprint density at radius 1 is 0.892 bits per heavy atom. The number of hydrogen-bond donors (Lipinski definition) is 2. The molecule has 2 N–H and O–H groups in total. The third-order valence-corrected chi connectivity index (χ3v) is 6.89. The van der Waals surface area contributed by atoms with Crippen molar-refractivity contribution in [2.24, 2.45) is 0 Å². The predicted octanol–water partition coefficient (Wildman–Crippen LogP) is 4.64. The first-order chi connectivity index (χ1) is 17.9. The number of methoxy groups -OCH3 is 2. The summed E-state index contributed by atoms with van der Waals surface area (Å²) in [5.74, 6) is -1.19. The van der Waals surface area contributed by atoms with Gasteiger partial charge in [0.25, 0.3) is 11.7 Å². The lowest BCUT2D eigenvalue weighted by Gasteiger charge is -2.26. The first-order valence-electron chi connectivity index (χ1n) is 12.1. The minimum absolute atomic E-state index is 0.0190. The molecule has 1 unspecified atom stereocenters. The lowest BCUT2D eigenvalue weighted by Crippen LogP contribution is -2.29. The van der Waals surface area contributed by atoms with Crippen LogP contribution in [0.3, 0.4) is 0 Å². The highest BCUT2D eigenvalue weighted by Gasteiger charge is 2.47. The summed E-state index contributed by atoms with van der Waals surface area (Å²) in [5, 5.41) is 21.6. The van der Waals surface area contributed by atoms with E-state index in [1.54, 1.807) is 30.3 Å². The van der Waals surface area contributed by atoms with Gasteiger partial charge in [-0.05, 0) is 66.9 Å². The van der Waals surface area contributed by atoms with Gasteiger partial charge >= 0.3 is 0 Å². The third kappa shape index (κ3) is 4.35. The van der Waals surface area contributed by atoms with Crippen molar-refractivity contribution >= 4 is 28.8 Å². The van der Waals surface area contributed by atoms with Crippen LogP contribution >= 0.6 is 0 Å². The van der Waals surface area contributed by atoms with Gasteiger partial charge in [-0.3, -0.25) is 14.5 Å². The van der Waals surface area contributed by atoms with Crippen molar-refractivity contribution in [2.45, 2.75) is 18.9 Å². The Balaban J connectivity index is 1.65. The van der Waals surface area contributed by atoms with E-state index in [1.165, 1.54) is 31.3 Å². The van der Waals surface area contributed by atoms with Crippen molar-refractivity contribution in [1.29, 1.82) is 0 Å². The molecule has 1 amide bonds. The molecule has 2 heterocycles. The zero-order valence-electron chi connectivity index (χ0n) is 20.7. The molecular formula is C29H28N2O6. The SMILES string of the molecule is COc1ccc(/C(O)=C2/C(=O)C(=O)N(c3ccc(N4CCCC4)cc3)C2c2cccc(O)c2)c(OC)c1. The fraction of sp³-hybridized carbons (Fsp3) is 0.241. The van der Waals surface area contributed by atoms with Gasteiger partial charge in [-0.25, -0.2) is 0 Å². The number of ketones is 1. The van der Waals surface area contributed by atoms with Crippen molar-refractivity contribution in [1.82, 2.24) is 0 Å². The van der Waals surface area contributed by atoms with Crippen LogP contribution < -0.4 is 19.3 Å². The van der Waals surface area contributed by atoms with Gasteiger partial charge in [0.1, 0.15) is 23.0 Å². The number of phenols is 1. The van der Waals surface area contributed by atoms with Gasteiger partial charge < -0.3 is 24.6 Å². The number of ether oxygens (including phenoxy) is 2. The van der Waals surface area contributed by atoms with Gasteiger partial charge in [0, 0.05) is 30.5 Å². The van der Waals surface area contributed by atoms with Gasteiger partial charge in [-0.1, -0.05) is 12.1 Å². The minimum atomic E-state index is -0.962. The Morgan fingerprint density at radius 2 is 1.59 bits per heavy atom. The second kappa shape index (κ2) is 9.89. The Kier molecular flexibility index (Phi) is 6.48. The lowest BCUT2D eigenvalue weighted by molar-refractivity contribution is -0.132. The maximum atomic E-state index is 13.4. The van der Waals surface area contributed by atoms with E-state index in [-0.39, 0.29) is 28.4 Å². The number of aliphatic hydroxyl groups excluding tert-OH is 1. The van der Waals surface area contributed by atoms with Gasteiger partial charge in [0.2, 0.25) is 0 Å². The summed E-state index contributed by atoms with van der Waals surface area (Å²) in [4.78, 5) is 30.5. The maximum Gasteiger partial charge on any atom is 0.300 e. The molecule has 37 heavy (non-hydrogen) atoms. The van der Waals surface area contributed by atoms with E-state index < -0.39 is 17.7 Å². The molecule has 2 aliphatic rings. The Morgan fingerprint density at radius 3 is 2.24 bits per heavy atom. The zero-order valence-corrected chi connectivity index (χ0v) is 20.7. The van der Waals surface area contributed by atoms with Crippen molar-refractivity contribution in [3.8, 4) is 17.2 Å². The van der Waals surface area contributed by atoms with Crippen molar-refractivity contribution in [3.05, 3.63) is 83.4 Å². The Bertz CT molecular complexity index is 1380. The van der Waals surface area contributed by atoms with Gasteiger partial charge in [0.05, 0.1) is 31.4 Å². The van der Waals surface area contributed by atoms with Crippen LogP contribution in [0.15, 0.2) is 72.3 Å². The number of hydrogen-bond acceptors (Lipinski definition) is 7. The molecule has 0 radical (unpaired) electrons. The molecule has 0 aromatic heterocycles. The van der Waals surface area contributed by atoms with E-state index in [9.17, 15) is 19.8 Å². The van der Waals surface area contributed by atoms with Crippen LogP contribution in [0.5, 0.6) is 17.2 Å². The number of Topliss-reactive ketones (excluding diaryl/α,β-unsaturated/α-hetero) is 1. The van der Waals surface area contributed by atoms with E-state index in [1.807, 2.05) is 24.3 Å². The van der Waals surface area contributed by atoms with E-state index >= 15 is 0 Å². The zero-order chi connectivity index (χ0) is 26.1. The average molecular weight is 501 g/mol. The fourth-order valence-electron chi connectivity index (χ4n) is 5.05. The molecule has 0 aliphatic carbocycles. The molecule has 2 fully saturated rings. The molecule has 1 atom stereocenters. The number of carbonyl (C=O) groups is 2. The average Bonchev–Trinajstić information content (AvgIpc) is 3.55. The van der Waals surface area contributed by atoms with Crippen LogP contribution in [0.25, 0.3) is 5.76 Å². The molecular weight excluding hydrogens is 472 g/mol. The predicted molar refractivity (Wildman–Crippen MR) is 140 cm³/mol. The second-order valence-corrected chi connectivity index (χ2v) is 9.04. The first kappa shape index (κ1) is 24.2. The van der Waals surface area contributed by atoms with Gasteiger partial charge in [0.15, 0.2) is 0 Å². The second-order valence-electron chi connectivity index (χ2n) is 9.04. The molecule has 0 saturated carbocycles. The normalized spacial score (nSPS) is 18.9. The lowest BCUT2D eigenvalue weighted by atomic mass is 9.94. The molecule has 2 saturated heterocycles. The summed E-state index contributed by atoms with van der Waals surface area (Å²) in [5.41, 5.74) is 2.20. The van der Waals surface area contributed by atoms with E-state index in [2.05, 4.69) is 4.90 Å². The summed E-state index contributed by atoms with van der Waals surface area (Å²) in [7, 11) is 2.95. The van der Waals surface area contributed by atoms with Crippen LogP contribution in [0.2, 0.25) is 0 Å². The largest absolute Gasteiger partial charge is 0.508 e. The number of aromatic hydroxyl groups is 1. The Labute approximate surface area is 215 Å². The highest BCUT2D eigenvalue weighted by Crippen LogP contribution is 2.44. The van der Waals surface area contributed by atoms with Crippen molar-refractivity contribution in [2.75, 3.05) is 37.1 Å². The molecule has 0 spiro atoms. The summed E-state index contributed by atoms with van der Waals surface area (Å²) >= 11 is 0. The first-order valence-corrected chi connectivity index (χ1v) is 12.1. The molecule has 8 heteroatoms. The quantitative estimate of drug-likeness (QED) is 0.289. The van der Waals surface area contributed by atoms with E-state index in [4.69, 9.17) is 9.47 Å². The summed E-state index contributed by atoms with van der Waals surface area (Å²) in [6, 6.07) is 17.7. The molecule has 2 aliphatic heterocycles. The molecule has 0 bridgehead atoms. The van der Waals surface area contributed by atoms with Crippen LogP contribution in [-0.2, 0) is 9.59 Å². The number of phenolic OH excluding ortho intramolecular Hbond substituents is 1. The number of nitrogens with zero attached hydrogens (tertiary/aromatic N) is 2. The molecule has 8 nitrogen and oxygen atoms in total. The number of rotatable bonds is 6. The standard InChI is InChI=1S/C29H28N2O6/c1-36-22-12-13-23(24(17-22)37-2)27(33)25-26(18-6-5-7-21(32)16-18)31(29(35)28(25)34)20-10-8-19(9-11-20)30-14-3-4-15-30/h5-13,16-17,26,32-33H,3-4,14-15H2,1-2H3/b27-25-. The number of anilines is 2. The highest BCUT2D eigenvalue weighted by molar-refractivity contribution is 6.51. The fourth-order valence-corrected chi connectivity index (χ4v) is 5.05. The van der Waals surface area contributed by atoms with E-state index in [0.717, 1.165) is 31.6 Å². The number of carbonyl (C=O) groups excluding carboxylic acids is 2. The highest BCUT2D eigenvalue weighted by atomic mass is 16.5. The van der Waals surface area contributed by atoms with Gasteiger partial charge in [-0.15, -0.1) is 0 Å². The van der Waals surface area contributed by atoms with Crippen LogP contribution in [0.4, 0.5) is 11.4 Å². The summed E-state index contributed by atoms with van der Waals surface area (Å²) < 4.78 is 10.7. The van der Waals surface area contributed by atoms with E-state index in [0.29, 0.717) is 17.0 Å². The number of amides is 1. The topological polar surface area (TPSA) is 99.5 Å². The molecule has 3 aromatic carbocycles. The summed E-state index contributed by atoms with van der Waals surface area (Å²) in [6.07, 6.45) is 2.28. The van der Waals surface area contributed by atoms with Crippen LogP contribution in [-0.4, -0.2) is 49.2 Å². The smallest absolute Gasteiger partial charge is 0.300 e. The molecule has 190 valence electrons. The Hall–Kier alpha value is -4.46. The molecule has 5 rings (SSSR count). The van der Waals surface area contributed by atoms with Crippen molar-refractivity contribution in [3.63, 3.8) is 0 Å². The van der Waals surface area contributed by atoms with Gasteiger partial charge in [-0.2, -0.15) is 0 Å². The maximum absolute atomic E-state index is 13.4. The monoisotopic (exact) mass is 500 g/mol. The van der Waals surface area contributed by atoms with Crippen molar-refractivity contribution < 1.29 is 29.3 Å². The number of aliphatic hydroxyl groups is 1. The number of benzene rings is 3. The van der Waals surface area contributed by atoms with Crippen LogP contribution in [0, 0.1) is 0 Å². The van der Waals surface area contributed by atoms with Crippen LogP contribution in [0.1, 0.15) is 30.0 Å².